The van der Waals surface area contributed by atoms with Crippen LogP contribution < -0.4 is 10.6 Å². The van der Waals surface area contributed by atoms with E-state index in [-0.39, 0.29) is 17.9 Å². The molecule has 1 saturated carbocycles. The third kappa shape index (κ3) is 4.45. The van der Waals surface area contributed by atoms with Crippen LogP contribution in [-0.2, 0) is 16.0 Å². The Labute approximate surface area is 172 Å². The smallest absolute Gasteiger partial charge is 0.238 e. The van der Waals surface area contributed by atoms with E-state index in [1.807, 2.05) is 4.90 Å². The molecular formula is C23H30N4O2. The van der Waals surface area contributed by atoms with Crippen molar-refractivity contribution in [3.05, 3.63) is 35.4 Å². The molecule has 29 heavy (non-hydrogen) atoms. The molecule has 2 bridgehead atoms. The summed E-state index contributed by atoms with van der Waals surface area (Å²) in [7, 11) is 0. The average molecular weight is 395 g/mol. The van der Waals surface area contributed by atoms with Gasteiger partial charge in [0.05, 0.1) is 12.1 Å². The molecule has 4 rings (SSSR count). The fourth-order valence-corrected chi connectivity index (χ4v) is 5.23. The van der Waals surface area contributed by atoms with Gasteiger partial charge in [0.2, 0.25) is 11.8 Å². The number of benzene rings is 1. The number of fused-ring (bicyclic) bond motifs is 2. The normalized spacial score (nSPS) is 27.4. The fraction of sp³-hybridized carbons (Fsp3) is 0.609. The molecule has 2 N–H and O–H groups in total. The summed E-state index contributed by atoms with van der Waals surface area (Å²) in [6, 6.07) is 10.5. The van der Waals surface area contributed by atoms with Gasteiger partial charge in [0.25, 0.3) is 0 Å². The van der Waals surface area contributed by atoms with E-state index in [9.17, 15) is 14.9 Å². The maximum atomic E-state index is 12.6. The van der Waals surface area contributed by atoms with Crippen molar-refractivity contribution in [1.29, 1.82) is 5.26 Å². The third-order valence-corrected chi connectivity index (χ3v) is 6.95. The molecule has 154 valence electrons. The van der Waals surface area contributed by atoms with Crippen molar-refractivity contribution in [2.24, 2.45) is 5.92 Å². The molecule has 4 atom stereocenters. The molecular weight excluding hydrogens is 364 g/mol. The van der Waals surface area contributed by atoms with Gasteiger partial charge in [0.15, 0.2) is 0 Å². The number of likely N-dealkylation sites (tertiary alicyclic amines) is 1. The monoisotopic (exact) mass is 394 g/mol. The highest BCUT2D eigenvalue weighted by molar-refractivity contribution is 5.83. The van der Waals surface area contributed by atoms with E-state index < -0.39 is 6.04 Å². The quantitative estimate of drug-likeness (QED) is 0.801. The molecule has 0 spiro atoms. The Hall–Kier alpha value is -2.39. The SMILES string of the molecule is CC(=O)N1CCC(c2ccc(C[C@@H](C#N)NC(=O)C3NC4CCC3C4)cc2)CC1. The molecule has 1 aliphatic carbocycles. The molecule has 2 saturated heterocycles. The highest BCUT2D eigenvalue weighted by atomic mass is 16.2. The van der Waals surface area contributed by atoms with Crippen LogP contribution in [0.3, 0.4) is 0 Å². The van der Waals surface area contributed by atoms with Crippen molar-refractivity contribution < 1.29 is 9.59 Å². The molecule has 2 heterocycles. The lowest BCUT2D eigenvalue weighted by atomic mass is 9.88. The minimum Gasteiger partial charge on any atom is -0.343 e. The maximum Gasteiger partial charge on any atom is 0.238 e. The van der Waals surface area contributed by atoms with Crippen LogP contribution >= 0.6 is 0 Å². The average Bonchev–Trinajstić information content (AvgIpc) is 3.37. The van der Waals surface area contributed by atoms with Crippen LogP contribution in [0.5, 0.6) is 0 Å². The van der Waals surface area contributed by atoms with Crippen LogP contribution in [0.15, 0.2) is 24.3 Å². The Balaban J connectivity index is 1.30. The van der Waals surface area contributed by atoms with Crippen molar-refractivity contribution in [2.75, 3.05) is 13.1 Å². The van der Waals surface area contributed by atoms with Crippen LogP contribution in [0.1, 0.15) is 56.1 Å². The fourth-order valence-electron chi connectivity index (χ4n) is 5.23. The van der Waals surface area contributed by atoms with E-state index in [0.717, 1.165) is 50.8 Å². The highest BCUT2D eigenvalue weighted by Crippen LogP contribution is 2.35. The number of amides is 2. The minimum atomic E-state index is -0.506. The molecule has 1 aromatic carbocycles. The van der Waals surface area contributed by atoms with Gasteiger partial charge in [-0.2, -0.15) is 5.26 Å². The van der Waals surface area contributed by atoms with Crippen LogP contribution in [-0.4, -0.2) is 47.9 Å². The Bertz CT molecular complexity index is 792. The Kier molecular flexibility index (Phi) is 5.86. The van der Waals surface area contributed by atoms with E-state index in [1.165, 1.54) is 5.56 Å². The number of nitrogens with one attached hydrogen (secondary N) is 2. The molecule has 6 heteroatoms. The van der Waals surface area contributed by atoms with Gasteiger partial charge < -0.3 is 15.5 Å². The second kappa shape index (κ2) is 8.54. The molecule has 3 aliphatic rings. The summed E-state index contributed by atoms with van der Waals surface area (Å²) in [4.78, 5) is 26.0. The summed E-state index contributed by atoms with van der Waals surface area (Å²) in [5.41, 5.74) is 2.35. The second-order valence-corrected chi connectivity index (χ2v) is 8.83. The maximum absolute atomic E-state index is 12.6. The number of carbonyl (C=O) groups is 2. The van der Waals surface area contributed by atoms with Crippen LogP contribution in [0.2, 0.25) is 0 Å². The lowest BCUT2D eigenvalue weighted by Crippen LogP contribution is -2.50. The van der Waals surface area contributed by atoms with Crippen LogP contribution in [0.4, 0.5) is 0 Å². The standard InChI is InChI=1S/C23H30N4O2/c1-15(28)27-10-8-18(9-11-27)17-4-2-16(3-5-17)12-21(14-24)26-23(29)22-19-6-7-20(13-19)25-22/h2-5,18-22,25H,6-13H2,1H3,(H,26,29)/t19?,20?,21-,22?/m0/s1. The van der Waals surface area contributed by atoms with Crippen LogP contribution in [0, 0.1) is 17.2 Å². The summed E-state index contributed by atoms with van der Waals surface area (Å²) in [5, 5.41) is 15.8. The van der Waals surface area contributed by atoms with Crippen LogP contribution in [0.25, 0.3) is 0 Å². The van der Waals surface area contributed by atoms with Gasteiger partial charge in [-0.25, -0.2) is 0 Å². The lowest BCUT2D eigenvalue weighted by Gasteiger charge is -2.31. The minimum absolute atomic E-state index is 0.0300. The van der Waals surface area contributed by atoms with Crippen molar-refractivity contribution in [3.63, 3.8) is 0 Å². The first-order chi connectivity index (χ1) is 14.0. The van der Waals surface area contributed by atoms with E-state index in [2.05, 4.69) is 41.0 Å². The second-order valence-electron chi connectivity index (χ2n) is 8.83. The number of piperidine rings is 2. The van der Waals surface area contributed by atoms with Gasteiger partial charge >= 0.3 is 0 Å². The van der Waals surface area contributed by atoms with Gasteiger partial charge in [-0.15, -0.1) is 0 Å². The van der Waals surface area contributed by atoms with Gasteiger partial charge in [-0.05, 0) is 55.1 Å². The zero-order valence-electron chi connectivity index (χ0n) is 17.1. The summed E-state index contributed by atoms with van der Waals surface area (Å²) in [6.07, 6.45) is 5.86. The zero-order chi connectivity index (χ0) is 20.4. The third-order valence-electron chi connectivity index (χ3n) is 6.95. The molecule has 0 radical (unpaired) electrons. The summed E-state index contributed by atoms with van der Waals surface area (Å²) >= 11 is 0. The number of hydrogen-bond donors (Lipinski definition) is 2. The van der Waals surface area contributed by atoms with Gasteiger partial charge in [0, 0.05) is 32.5 Å². The Morgan fingerprint density at radius 3 is 2.48 bits per heavy atom. The van der Waals surface area contributed by atoms with Crippen molar-refractivity contribution >= 4 is 11.8 Å². The first-order valence-electron chi connectivity index (χ1n) is 10.8. The van der Waals surface area contributed by atoms with Crippen molar-refractivity contribution in [3.8, 4) is 6.07 Å². The number of rotatable bonds is 5. The number of nitrogens with zero attached hydrogens (tertiary/aromatic N) is 2. The molecule has 2 amide bonds. The number of nitriles is 1. The van der Waals surface area contributed by atoms with Gasteiger partial charge in [-0.3, -0.25) is 9.59 Å². The zero-order valence-corrected chi connectivity index (χ0v) is 17.1. The lowest BCUT2D eigenvalue weighted by molar-refractivity contribution is -0.129. The van der Waals surface area contributed by atoms with E-state index in [1.54, 1.807) is 6.92 Å². The van der Waals surface area contributed by atoms with E-state index >= 15 is 0 Å². The molecule has 1 aromatic rings. The molecule has 3 fully saturated rings. The van der Waals surface area contributed by atoms with Gasteiger partial charge in [0.1, 0.15) is 6.04 Å². The number of hydrogen-bond acceptors (Lipinski definition) is 4. The topological polar surface area (TPSA) is 85.2 Å². The van der Waals surface area contributed by atoms with E-state index in [4.69, 9.17) is 0 Å². The first-order valence-corrected chi connectivity index (χ1v) is 10.8. The van der Waals surface area contributed by atoms with Crippen molar-refractivity contribution in [2.45, 2.75) is 69.5 Å². The summed E-state index contributed by atoms with van der Waals surface area (Å²) in [5.74, 6) is 1.03. The first kappa shape index (κ1) is 19.9. The largest absolute Gasteiger partial charge is 0.343 e. The molecule has 2 aliphatic heterocycles. The molecule has 6 nitrogen and oxygen atoms in total. The predicted octanol–water partition coefficient (Wildman–Crippen LogP) is 2.10. The van der Waals surface area contributed by atoms with Crippen molar-refractivity contribution in [1.82, 2.24) is 15.5 Å². The predicted molar refractivity (Wildman–Crippen MR) is 110 cm³/mol. The molecule has 0 aromatic heterocycles. The molecule has 3 unspecified atom stereocenters. The number of carbonyl (C=O) groups excluding carboxylic acids is 2. The van der Waals surface area contributed by atoms with E-state index in [0.29, 0.717) is 24.3 Å². The summed E-state index contributed by atoms with van der Waals surface area (Å²) in [6.45, 7) is 3.27. The Morgan fingerprint density at radius 2 is 1.93 bits per heavy atom. The summed E-state index contributed by atoms with van der Waals surface area (Å²) < 4.78 is 0. The van der Waals surface area contributed by atoms with Gasteiger partial charge in [-0.1, -0.05) is 24.3 Å². The highest BCUT2D eigenvalue weighted by Gasteiger charge is 2.43. The Morgan fingerprint density at radius 1 is 1.21 bits per heavy atom.